The monoisotopic (exact) mass is 344 g/mol. The molecule has 1 heterocycles. The summed E-state index contributed by atoms with van der Waals surface area (Å²) in [7, 11) is 0. The fourth-order valence-corrected chi connectivity index (χ4v) is 2.97. The zero-order chi connectivity index (χ0) is 17.9. The van der Waals surface area contributed by atoms with Crippen LogP contribution in [0.4, 0.5) is 5.69 Å². The number of rotatable bonds is 5. The number of nitro benzene ring substituents is 1. The molecule has 0 radical (unpaired) electrons. The molecule has 0 N–H and O–H groups in total. The summed E-state index contributed by atoms with van der Waals surface area (Å²) >= 11 is 0. The first kappa shape index (κ1) is 15.9. The van der Waals surface area contributed by atoms with Crippen LogP contribution in [0.25, 0.3) is 22.0 Å². The molecule has 0 unspecified atom stereocenters. The third-order valence-corrected chi connectivity index (χ3v) is 4.26. The molecule has 0 amide bonds. The maximum Gasteiger partial charge on any atom is 0.270 e. The van der Waals surface area contributed by atoms with Crippen LogP contribution in [0.2, 0.25) is 0 Å². The molecule has 4 aromatic rings. The first-order chi connectivity index (χ1) is 12.7. The molecular formula is C21H16N2O3. The summed E-state index contributed by atoms with van der Waals surface area (Å²) in [5.74, 6) is 0. The predicted octanol–water partition coefficient (Wildman–Crippen LogP) is 4.85. The van der Waals surface area contributed by atoms with Gasteiger partial charge in [-0.1, -0.05) is 60.7 Å². The van der Waals surface area contributed by atoms with Gasteiger partial charge in [0, 0.05) is 23.1 Å². The molecule has 0 saturated carbocycles. The van der Waals surface area contributed by atoms with E-state index in [1.165, 1.54) is 6.07 Å². The number of aromatic nitrogens is 1. The van der Waals surface area contributed by atoms with Crippen LogP contribution >= 0.6 is 0 Å². The second-order valence-electron chi connectivity index (χ2n) is 5.95. The molecule has 0 bridgehead atoms. The van der Waals surface area contributed by atoms with Gasteiger partial charge in [0.2, 0.25) is 0 Å². The third-order valence-electron chi connectivity index (χ3n) is 4.26. The molecule has 5 nitrogen and oxygen atoms in total. The average molecular weight is 344 g/mol. The molecule has 1 aromatic heterocycles. The van der Waals surface area contributed by atoms with Crippen molar-refractivity contribution in [3.63, 3.8) is 0 Å². The van der Waals surface area contributed by atoms with Crippen molar-refractivity contribution < 1.29 is 9.76 Å². The van der Waals surface area contributed by atoms with Crippen LogP contribution in [0.3, 0.4) is 0 Å². The molecule has 3 aromatic carbocycles. The summed E-state index contributed by atoms with van der Waals surface area (Å²) in [4.78, 5) is 16.8. The van der Waals surface area contributed by atoms with Gasteiger partial charge in [-0.05, 0) is 17.2 Å². The van der Waals surface area contributed by atoms with Crippen molar-refractivity contribution in [2.75, 3.05) is 0 Å². The number of fused-ring (bicyclic) bond motifs is 1. The lowest BCUT2D eigenvalue weighted by molar-refractivity contribution is -0.384. The van der Waals surface area contributed by atoms with E-state index in [-0.39, 0.29) is 10.6 Å². The molecular weight excluding hydrogens is 328 g/mol. The number of nitro groups is 1. The molecule has 4 rings (SSSR count). The Morgan fingerprint density at radius 3 is 2.31 bits per heavy atom. The van der Waals surface area contributed by atoms with E-state index in [0.29, 0.717) is 6.61 Å². The topological polar surface area (TPSA) is 57.3 Å². The molecule has 0 aliphatic heterocycles. The van der Waals surface area contributed by atoms with Crippen molar-refractivity contribution in [1.82, 2.24) is 4.73 Å². The van der Waals surface area contributed by atoms with Crippen LogP contribution in [0.15, 0.2) is 85.1 Å². The molecule has 0 aliphatic carbocycles. The third kappa shape index (κ3) is 3.02. The van der Waals surface area contributed by atoms with Crippen molar-refractivity contribution in [3.8, 4) is 11.1 Å². The SMILES string of the molecule is O=[N+]([O-])c1ccc2c(c1)c(-c1ccccc1)cn2OCc1ccccc1. The Balaban J connectivity index is 1.79. The van der Waals surface area contributed by atoms with Crippen molar-refractivity contribution in [3.05, 3.63) is 101 Å². The molecule has 0 saturated heterocycles. The standard InChI is InChI=1S/C21H16N2O3/c24-23(25)18-11-12-21-19(13-18)20(17-9-5-2-6-10-17)14-22(21)26-15-16-7-3-1-4-8-16/h1-14H,15H2. The smallest absolute Gasteiger partial charge is 0.270 e. The van der Waals surface area contributed by atoms with Crippen LogP contribution < -0.4 is 4.84 Å². The Morgan fingerprint density at radius 2 is 1.62 bits per heavy atom. The normalized spacial score (nSPS) is 10.8. The zero-order valence-corrected chi connectivity index (χ0v) is 13.9. The van der Waals surface area contributed by atoms with Gasteiger partial charge in [-0.25, -0.2) is 0 Å². The van der Waals surface area contributed by atoms with Crippen LogP contribution in [-0.2, 0) is 6.61 Å². The van der Waals surface area contributed by atoms with Crippen molar-refractivity contribution in [2.24, 2.45) is 0 Å². The van der Waals surface area contributed by atoms with E-state index in [2.05, 4.69) is 0 Å². The first-order valence-electron chi connectivity index (χ1n) is 8.24. The highest BCUT2D eigenvalue weighted by molar-refractivity contribution is 5.97. The Morgan fingerprint density at radius 1 is 0.923 bits per heavy atom. The molecule has 26 heavy (non-hydrogen) atoms. The Bertz CT molecular complexity index is 1060. The van der Waals surface area contributed by atoms with E-state index in [1.54, 1.807) is 16.9 Å². The summed E-state index contributed by atoms with van der Waals surface area (Å²) < 4.78 is 1.69. The van der Waals surface area contributed by atoms with Gasteiger partial charge in [-0.2, -0.15) is 4.73 Å². The van der Waals surface area contributed by atoms with Gasteiger partial charge in [0.25, 0.3) is 5.69 Å². The summed E-state index contributed by atoms with van der Waals surface area (Å²) in [6.07, 6.45) is 1.88. The lowest BCUT2D eigenvalue weighted by atomic mass is 10.0. The molecule has 0 atom stereocenters. The molecule has 0 aliphatic rings. The quantitative estimate of drug-likeness (QED) is 0.384. The number of nitrogens with zero attached hydrogens (tertiary/aromatic N) is 2. The van der Waals surface area contributed by atoms with Crippen molar-refractivity contribution in [1.29, 1.82) is 0 Å². The van der Waals surface area contributed by atoms with Crippen molar-refractivity contribution in [2.45, 2.75) is 6.61 Å². The van der Waals surface area contributed by atoms with Crippen LogP contribution in [0.5, 0.6) is 0 Å². The number of hydrogen-bond acceptors (Lipinski definition) is 3. The Labute approximate surface area is 150 Å². The average Bonchev–Trinajstić information content (AvgIpc) is 3.06. The number of non-ortho nitro benzene ring substituents is 1. The molecule has 0 spiro atoms. The summed E-state index contributed by atoms with van der Waals surface area (Å²) in [5.41, 5.74) is 3.80. The van der Waals surface area contributed by atoms with Gasteiger partial charge in [-0.15, -0.1) is 0 Å². The summed E-state index contributed by atoms with van der Waals surface area (Å²) in [5, 5.41) is 12.0. The second-order valence-corrected chi connectivity index (χ2v) is 5.95. The second kappa shape index (κ2) is 6.72. The largest absolute Gasteiger partial charge is 0.409 e. The van der Waals surface area contributed by atoms with E-state index in [1.807, 2.05) is 66.9 Å². The lowest BCUT2D eigenvalue weighted by Crippen LogP contribution is -2.09. The highest BCUT2D eigenvalue weighted by atomic mass is 16.7. The van der Waals surface area contributed by atoms with E-state index >= 15 is 0 Å². The van der Waals surface area contributed by atoms with Crippen LogP contribution in [-0.4, -0.2) is 9.65 Å². The summed E-state index contributed by atoms with van der Waals surface area (Å²) in [6.45, 7) is 0.413. The highest BCUT2D eigenvalue weighted by Gasteiger charge is 2.15. The van der Waals surface area contributed by atoms with E-state index in [0.717, 1.165) is 27.6 Å². The Hall–Kier alpha value is -3.60. The van der Waals surface area contributed by atoms with Gasteiger partial charge < -0.3 is 4.84 Å². The zero-order valence-electron chi connectivity index (χ0n) is 13.9. The maximum atomic E-state index is 11.2. The van der Waals surface area contributed by atoms with Crippen LogP contribution in [0.1, 0.15) is 5.56 Å². The van der Waals surface area contributed by atoms with Crippen LogP contribution in [0, 0.1) is 10.1 Å². The van der Waals surface area contributed by atoms with Gasteiger partial charge in [0.1, 0.15) is 6.61 Å². The predicted molar refractivity (Wildman–Crippen MR) is 101 cm³/mol. The van der Waals surface area contributed by atoms with Crippen molar-refractivity contribution >= 4 is 16.6 Å². The molecule has 5 heteroatoms. The van der Waals surface area contributed by atoms with Gasteiger partial charge in [0.15, 0.2) is 0 Å². The van der Waals surface area contributed by atoms with E-state index < -0.39 is 0 Å². The van der Waals surface area contributed by atoms with Gasteiger partial charge in [0.05, 0.1) is 16.6 Å². The van der Waals surface area contributed by atoms with E-state index in [9.17, 15) is 10.1 Å². The highest BCUT2D eigenvalue weighted by Crippen LogP contribution is 2.32. The Kier molecular flexibility index (Phi) is 4.11. The summed E-state index contributed by atoms with van der Waals surface area (Å²) in [6, 6.07) is 24.5. The maximum absolute atomic E-state index is 11.2. The number of hydrogen-bond donors (Lipinski definition) is 0. The first-order valence-corrected chi connectivity index (χ1v) is 8.24. The minimum absolute atomic E-state index is 0.0653. The lowest BCUT2D eigenvalue weighted by Gasteiger charge is -2.08. The van der Waals surface area contributed by atoms with E-state index in [4.69, 9.17) is 4.84 Å². The molecule has 0 fully saturated rings. The van der Waals surface area contributed by atoms with Gasteiger partial charge in [-0.3, -0.25) is 10.1 Å². The minimum atomic E-state index is -0.379. The minimum Gasteiger partial charge on any atom is -0.409 e. The fourth-order valence-electron chi connectivity index (χ4n) is 2.97. The van der Waals surface area contributed by atoms with Gasteiger partial charge >= 0.3 is 0 Å². The fraction of sp³-hybridized carbons (Fsp3) is 0.0476. The molecule has 128 valence electrons. The number of benzene rings is 3.